The number of rotatable bonds is 9. The Kier molecular flexibility index (Phi) is 6.79. The average Bonchev–Trinajstić information content (AvgIpc) is 3.27. The molecule has 2 heterocycles. The van der Waals surface area contributed by atoms with Crippen LogP contribution < -0.4 is 9.47 Å². The fourth-order valence-electron chi connectivity index (χ4n) is 4.42. The van der Waals surface area contributed by atoms with E-state index >= 15 is 0 Å². The van der Waals surface area contributed by atoms with Gasteiger partial charge in [0.2, 0.25) is 0 Å². The van der Waals surface area contributed by atoms with Gasteiger partial charge >= 0.3 is 6.08 Å². The fraction of sp³-hybridized carbons (Fsp3) is 0.321. The van der Waals surface area contributed by atoms with Gasteiger partial charge in [-0.1, -0.05) is 42.5 Å². The summed E-state index contributed by atoms with van der Waals surface area (Å²) in [4.78, 5) is 6.74. The number of hydrogen-bond donors (Lipinski definition) is 1. The number of hydrogen-bond acceptors (Lipinski definition) is 6. The van der Waals surface area contributed by atoms with Gasteiger partial charge in [0.05, 0.1) is 12.2 Å². The molecule has 1 N–H and O–H groups in total. The summed E-state index contributed by atoms with van der Waals surface area (Å²) < 4.78 is 17.2. The van der Waals surface area contributed by atoms with Crippen molar-refractivity contribution in [3.63, 3.8) is 0 Å². The summed E-state index contributed by atoms with van der Waals surface area (Å²) in [6.07, 6.45) is 3.52. The van der Waals surface area contributed by atoms with Gasteiger partial charge in [0, 0.05) is 26.1 Å². The normalized spacial score (nSPS) is 15.9. The molecule has 6 heteroatoms. The number of benzene rings is 3. The molecular weight excluding hydrogens is 428 g/mol. The fourth-order valence-corrected chi connectivity index (χ4v) is 4.42. The van der Waals surface area contributed by atoms with Gasteiger partial charge < -0.3 is 23.9 Å². The average molecular weight is 459 g/mol. The maximum atomic E-state index is 10.9. The van der Waals surface area contributed by atoms with E-state index in [0.29, 0.717) is 17.9 Å². The van der Waals surface area contributed by atoms with Crippen molar-refractivity contribution in [2.45, 2.75) is 31.3 Å². The SMILES string of the molecule is OC1(Cc2ccccc2)CCN(CCCOc2ccc(Oc3nc4ccccc4o3)cc2)CC1. The first-order valence-corrected chi connectivity index (χ1v) is 11.9. The zero-order valence-electron chi connectivity index (χ0n) is 19.2. The highest BCUT2D eigenvalue weighted by Crippen LogP contribution is 2.28. The maximum absolute atomic E-state index is 10.9. The van der Waals surface area contributed by atoms with Crippen LogP contribution in [0.4, 0.5) is 0 Å². The van der Waals surface area contributed by atoms with Crippen LogP contribution in [0.25, 0.3) is 11.1 Å². The van der Waals surface area contributed by atoms with Crippen LogP contribution in [0.1, 0.15) is 24.8 Å². The molecular formula is C28H30N2O4. The highest BCUT2D eigenvalue weighted by atomic mass is 16.6. The van der Waals surface area contributed by atoms with E-state index in [-0.39, 0.29) is 6.08 Å². The Morgan fingerprint density at radius 1 is 0.882 bits per heavy atom. The van der Waals surface area contributed by atoms with Crippen LogP contribution >= 0.6 is 0 Å². The second kappa shape index (κ2) is 10.3. The Hall–Kier alpha value is -3.35. The molecule has 0 unspecified atom stereocenters. The maximum Gasteiger partial charge on any atom is 0.400 e. The third kappa shape index (κ3) is 5.76. The summed E-state index contributed by atoms with van der Waals surface area (Å²) in [6, 6.07) is 25.3. The minimum absolute atomic E-state index is 0.229. The number of ether oxygens (including phenoxy) is 2. The Balaban J connectivity index is 1.02. The molecule has 176 valence electrons. The molecule has 0 atom stereocenters. The zero-order valence-corrected chi connectivity index (χ0v) is 19.2. The molecule has 0 aliphatic carbocycles. The summed E-state index contributed by atoms with van der Waals surface area (Å²) in [6.45, 7) is 3.47. The van der Waals surface area contributed by atoms with Crippen LogP contribution in [-0.4, -0.2) is 46.8 Å². The van der Waals surface area contributed by atoms with E-state index in [9.17, 15) is 5.11 Å². The molecule has 1 saturated heterocycles. The molecule has 5 rings (SSSR count). The van der Waals surface area contributed by atoms with Crippen LogP contribution in [0, 0.1) is 0 Å². The largest absolute Gasteiger partial charge is 0.494 e. The van der Waals surface area contributed by atoms with E-state index in [4.69, 9.17) is 13.9 Å². The van der Waals surface area contributed by atoms with Crippen molar-refractivity contribution in [3.8, 4) is 17.6 Å². The molecule has 1 aromatic heterocycles. The summed E-state index contributed by atoms with van der Waals surface area (Å²) in [5, 5.41) is 10.9. The monoisotopic (exact) mass is 458 g/mol. The van der Waals surface area contributed by atoms with Crippen molar-refractivity contribution in [1.29, 1.82) is 0 Å². The molecule has 1 aliphatic heterocycles. The smallest absolute Gasteiger partial charge is 0.400 e. The number of aliphatic hydroxyl groups is 1. The van der Waals surface area contributed by atoms with Gasteiger partial charge in [-0.25, -0.2) is 0 Å². The number of piperidine rings is 1. The lowest BCUT2D eigenvalue weighted by atomic mass is 9.85. The van der Waals surface area contributed by atoms with Gasteiger partial charge in [0.1, 0.15) is 17.0 Å². The zero-order chi connectivity index (χ0) is 23.2. The van der Waals surface area contributed by atoms with Crippen LogP contribution in [0.3, 0.4) is 0 Å². The quantitative estimate of drug-likeness (QED) is 0.336. The molecule has 0 spiro atoms. The molecule has 0 radical (unpaired) electrons. The highest BCUT2D eigenvalue weighted by Gasteiger charge is 2.32. The Labute approximate surface area is 199 Å². The number of likely N-dealkylation sites (tertiary alicyclic amines) is 1. The predicted octanol–water partition coefficient (Wildman–Crippen LogP) is 5.46. The molecule has 0 saturated carbocycles. The van der Waals surface area contributed by atoms with E-state index < -0.39 is 5.60 Å². The van der Waals surface area contributed by atoms with E-state index in [2.05, 4.69) is 22.0 Å². The molecule has 34 heavy (non-hydrogen) atoms. The third-order valence-corrected chi connectivity index (χ3v) is 6.35. The first-order chi connectivity index (χ1) is 16.7. The van der Waals surface area contributed by atoms with Crippen LogP contribution in [-0.2, 0) is 6.42 Å². The minimum Gasteiger partial charge on any atom is -0.494 e. The number of nitrogens with zero attached hydrogens (tertiary/aromatic N) is 2. The van der Waals surface area contributed by atoms with Gasteiger partial charge in [0.25, 0.3) is 0 Å². The molecule has 4 aromatic rings. The molecule has 1 fully saturated rings. The Bertz CT molecular complexity index is 1150. The van der Waals surface area contributed by atoms with E-state index in [1.54, 1.807) is 0 Å². The van der Waals surface area contributed by atoms with Crippen molar-refractivity contribution < 1.29 is 19.0 Å². The number of aromatic nitrogens is 1. The number of oxazole rings is 1. The van der Waals surface area contributed by atoms with Gasteiger partial charge in [-0.15, -0.1) is 0 Å². The van der Waals surface area contributed by atoms with Crippen LogP contribution in [0.15, 0.2) is 83.3 Å². The summed E-state index contributed by atoms with van der Waals surface area (Å²) in [7, 11) is 0. The number of para-hydroxylation sites is 2. The standard InChI is InChI=1S/C28H30N2O4/c31-28(21-22-7-2-1-3-8-22)15-18-30(19-16-28)17-6-20-32-23-11-13-24(14-12-23)33-27-29-25-9-4-5-10-26(25)34-27/h1-5,7-14,31H,6,15-21H2. The lowest BCUT2D eigenvalue weighted by Crippen LogP contribution is -2.46. The lowest BCUT2D eigenvalue weighted by molar-refractivity contribution is -0.0212. The van der Waals surface area contributed by atoms with Crippen molar-refractivity contribution in [2.75, 3.05) is 26.2 Å². The second-order valence-electron chi connectivity index (χ2n) is 8.95. The molecule has 6 nitrogen and oxygen atoms in total. The summed E-state index contributed by atoms with van der Waals surface area (Å²) >= 11 is 0. The highest BCUT2D eigenvalue weighted by molar-refractivity contribution is 5.72. The van der Waals surface area contributed by atoms with Gasteiger partial charge in [0.15, 0.2) is 5.58 Å². The van der Waals surface area contributed by atoms with E-state index in [0.717, 1.165) is 56.6 Å². The minimum atomic E-state index is -0.587. The van der Waals surface area contributed by atoms with Crippen molar-refractivity contribution in [1.82, 2.24) is 9.88 Å². The Morgan fingerprint density at radius 2 is 1.59 bits per heavy atom. The van der Waals surface area contributed by atoms with Crippen LogP contribution in [0.5, 0.6) is 17.6 Å². The van der Waals surface area contributed by atoms with Gasteiger partial charge in [-0.2, -0.15) is 4.98 Å². The molecule has 3 aromatic carbocycles. The van der Waals surface area contributed by atoms with Crippen molar-refractivity contribution >= 4 is 11.1 Å². The van der Waals surface area contributed by atoms with Gasteiger partial charge in [-0.05, 0) is 61.2 Å². The molecule has 0 amide bonds. The summed E-state index contributed by atoms with van der Waals surface area (Å²) in [5.74, 6) is 1.45. The second-order valence-corrected chi connectivity index (χ2v) is 8.95. The lowest BCUT2D eigenvalue weighted by Gasteiger charge is -2.38. The van der Waals surface area contributed by atoms with Crippen molar-refractivity contribution in [3.05, 3.63) is 84.4 Å². The topological polar surface area (TPSA) is 68.0 Å². The van der Waals surface area contributed by atoms with Crippen LogP contribution in [0.2, 0.25) is 0 Å². The van der Waals surface area contributed by atoms with E-state index in [1.807, 2.05) is 66.7 Å². The summed E-state index contributed by atoms with van der Waals surface area (Å²) in [5.41, 5.74) is 2.09. The van der Waals surface area contributed by atoms with Gasteiger partial charge in [-0.3, -0.25) is 0 Å². The first kappa shape index (κ1) is 22.4. The van der Waals surface area contributed by atoms with E-state index in [1.165, 1.54) is 5.56 Å². The molecule has 0 bridgehead atoms. The Morgan fingerprint density at radius 3 is 2.35 bits per heavy atom. The van der Waals surface area contributed by atoms with Crippen molar-refractivity contribution in [2.24, 2.45) is 0 Å². The predicted molar refractivity (Wildman–Crippen MR) is 131 cm³/mol. The first-order valence-electron chi connectivity index (χ1n) is 11.9. The molecule has 1 aliphatic rings. The third-order valence-electron chi connectivity index (χ3n) is 6.35. The number of fused-ring (bicyclic) bond motifs is 1.